The molecular formula is C13H16FN3O. The lowest BCUT2D eigenvalue weighted by molar-refractivity contribution is 0.0956. The fourth-order valence-electron chi connectivity index (χ4n) is 2.83. The maximum Gasteiger partial charge on any atom is 0.217 e. The molecule has 2 atom stereocenters. The van der Waals surface area contributed by atoms with Gasteiger partial charge < -0.3 is 0 Å². The Hall–Kier alpha value is -1.26. The van der Waals surface area contributed by atoms with E-state index in [9.17, 15) is 9.18 Å². The zero-order chi connectivity index (χ0) is 12.3. The fourth-order valence-corrected chi connectivity index (χ4v) is 2.83. The van der Waals surface area contributed by atoms with E-state index >= 15 is 0 Å². The normalized spacial score (nSPS) is 30.5. The molecule has 96 valence electrons. The molecule has 0 amide bonds. The van der Waals surface area contributed by atoms with Gasteiger partial charge in [0.2, 0.25) is 11.6 Å². The molecule has 0 spiro atoms. The molecule has 3 aliphatic rings. The molecule has 2 fully saturated rings. The second-order valence-electron chi connectivity index (χ2n) is 5.91. The second-order valence-corrected chi connectivity index (χ2v) is 5.91. The highest BCUT2D eigenvalue weighted by molar-refractivity contribution is 5.95. The summed E-state index contributed by atoms with van der Waals surface area (Å²) < 4.78 is 15.6. The van der Waals surface area contributed by atoms with E-state index in [0.717, 1.165) is 25.2 Å². The van der Waals surface area contributed by atoms with Crippen molar-refractivity contribution in [3.05, 3.63) is 11.6 Å². The van der Waals surface area contributed by atoms with Crippen LogP contribution in [0.5, 0.6) is 0 Å². The van der Waals surface area contributed by atoms with Crippen molar-refractivity contribution in [2.45, 2.75) is 50.7 Å². The summed E-state index contributed by atoms with van der Waals surface area (Å²) in [5.74, 6) is 1.47. The Morgan fingerprint density at radius 1 is 1.33 bits per heavy atom. The molecule has 0 radical (unpaired) electrons. The van der Waals surface area contributed by atoms with E-state index in [0.29, 0.717) is 12.2 Å². The Morgan fingerprint density at radius 3 is 2.78 bits per heavy atom. The predicted octanol–water partition coefficient (Wildman–Crippen LogP) is 2.63. The standard InChI is InChI=1S/C13H16FN3O/c14-10-6-9(5-7-1-2-7)17-13(10)15-12(16-17)11(18)8-3-4-8/h7-10H,1-6H2. The molecule has 2 saturated carbocycles. The van der Waals surface area contributed by atoms with Gasteiger partial charge in [-0.2, -0.15) is 0 Å². The summed E-state index contributed by atoms with van der Waals surface area (Å²) in [4.78, 5) is 16.0. The van der Waals surface area contributed by atoms with Gasteiger partial charge in [-0.25, -0.2) is 14.1 Å². The quantitative estimate of drug-likeness (QED) is 0.771. The van der Waals surface area contributed by atoms with Crippen molar-refractivity contribution < 1.29 is 9.18 Å². The number of halogens is 1. The van der Waals surface area contributed by atoms with E-state index in [1.165, 1.54) is 12.8 Å². The van der Waals surface area contributed by atoms with E-state index in [1.807, 2.05) is 0 Å². The third-order valence-corrected chi connectivity index (χ3v) is 4.23. The molecular weight excluding hydrogens is 233 g/mol. The van der Waals surface area contributed by atoms with Crippen molar-refractivity contribution in [3.63, 3.8) is 0 Å². The molecule has 1 aromatic heterocycles. The predicted molar refractivity (Wildman–Crippen MR) is 61.9 cm³/mol. The number of carbonyl (C=O) groups excluding carboxylic acids is 1. The largest absolute Gasteiger partial charge is 0.290 e. The average molecular weight is 249 g/mol. The number of hydrogen-bond donors (Lipinski definition) is 0. The summed E-state index contributed by atoms with van der Waals surface area (Å²) in [5, 5.41) is 4.28. The maximum atomic E-state index is 13.9. The van der Waals surface area contributed by atoms with Gasteiger partial charge >= 0.3 is 0 Å². The van der Waals surface area contributed by atoms with Crippen LogP contribution in [0.3, 0.4) is 0 Å². The van der Waals surface area contributed by atoms with Crippen molar-refractivity contribution in [3.8, 4) is 0 Å². The zero-order valence-corrected chi connectivity index (χ0v) is 10.2. The second kappa shape index (κ2) is 3.62. The van der Waals surface area contributed by atoms with Crippen LogP contribution >= 0.6 is 0 Å². The van der Waals surface area contributed by atoms with E-state index < -0.39 is 6.17 Å². The number of carbonyl (C=O) groups is 1. The monoisotopic (exact) mass is 249 g/mol. The van der Waals surface area contributed by atoms with Gasteiger partial charge in [0.05, 0.1) is 6.04 Å². The van der Waals surface area contributed by atoms with Gasteiger partial charge in [-0.15, -0.1) is 5.10 Å². The molecule has 0 aromatic carbocycles. The van der Waals surface area contributed by atoms with E-state index in [4.69, 9.17) is 0 Å². The number of rotatable bonds is 4. The smallest absolute Gasteiger partial charge is 0.217 e. The molecule has 4 rings (SSSR count). The van der Waals surface area contributed by atoms with Crippen LogP contribution in [0.2, 0.25) is 0 Å². The molecule has 2 heterocycles. The van der Waals surface area contributed by atoms with Crippen LogP contribution in [0, 0.1) is 11.8 Å². The molecule has 0 N–H and O–H groups in total. The maximum absolute atomic E-state index is 13.9. The highest BCUT2D eigenvalue weighted by atomic mass is 19.1. The highest BCUT2D eigenvalue weighted by Gasteiger charge is 2.40. The van der Waals surface area contributed by atoms with Crippen LogP contribution in [-0.4, -0.2) is 20.5 Å². The molecule has 2 aliphatic carbocycles. The molecule has 0 saturated heterocycles. The lowest BCUT2D eigenvalue weighted by Gasteiger charge is -2.09. The van der Waals surface area contributed by atoms with Crippen LogP contribution in [0.4, 0.5) is 4.39 Å². The molecule has 1 aliphatic heterocycles. The minimum absolute atomic E-state index is 0.00859. The highest BCUT2D eigenvalue weighted by Crippen LogP contribution is 2.44. The third-order valence-electron chi connectivity index (χ3n) is 4.23. The number of Topliss-reactive ketones (excluding diaryl/α,β-unsaturated/α-hetero) is 1. The van der Waals surface area contributed by atoms with Gasteiger partial charge in [-0.1, -0.05) is 12.8 Å². The first kappa shape index (κ1) is 10.6. The van der Waals surface area contributed by atoms with E-state index in [-0.39, 0.29) is 23.6 Å². The molecule has 4 nitrogen and oxygen atoms in total. The summed E-state index contributed by atoms with van der Waals surface area (Å²) in [6.07, 6.45) is 4.83. The van der Waals surface area contributed by atoms with Crippen LogP contribution in [0.25, 0.3) is 0 Å². The van der Waals surface area contributed by atoms with E-state index in [2.05, 4.69) is 10.1 Å². The number of fused-ring (bicyclic) bond motifs is 1. The van der Waals surface area contributed by atoms with Gasteiger partial charge in [-0.05, 0) is 25.2 Å². The lowest BCUT2D eigenvalue weighted by Crippen LogP contribution is -2.10. The Bertz CT molecular complexity index is 504. The first-order valence-corrected chi connectivity index (χ1v) is 6.87. The Morgan fingerprint density at radius 2 is 2.11 bits per heavy atom. The first-order chi connectivity index (χ1) is 8.72. The zero-order valence-electron chi connectivity index (χ0n) is 10.2. The molecule has 0 bridgehead atoms. The lowest BCUT2D eigenvalue weighted by atomic mass is 10.1. The van der Waals surface area contributed by atoms with Crippen LogP contribution < -0.4 is 0 Å². The molecule has 2 unspecified atom stereocenters. The number of ketones is 1. The summed E-state index contributed by atoms with van der Waals surface area (Å²) >= 11 is 0. The topological polar surface area (TPSA) is 47.8 Å². The van der Waals surface area contributed by atoms with Crippen molar-refractivity contribution >= 4 is 5.78 Å². The average Bonchev–Trinajstić information content (AvgIpc) is 3.24. The van der Waals surface area contributed by atoms with Gasteiger partial charge in [0.1, 0.15) is 0 Å². The van der Waals surface area contributed by atoms with Gasteiger partial charge in [-0.3, -0.25) is 4.79 Å². The molecule has 18 heavy (non-hydrogen) atoms. The third kappa shape index (κ3) is 1.68. The molecule has 1 aromatic rings. The van der Waals surface area contributed by atoms with Crippen molar-refractivity contribution in [2.75, 3.05) is 0 Å². The SMILES string of the molecule is O=C(c1nc2n(n1)C(CC1CC1)CC2F)C1CC1. The Kier molecular flexibility index (Phi) is 2.14. The van der Waals surface area contributed by atoms with Gasteiger partial charge in [0.25, 0.3) is 0 Å². The molecule has 5 heteroatoms. The van der Waals surface area contributed by atoms with Crippen LogP contribution in [0.15, 0.2) is 0 Å². The Labute approximate surface area is 105 Å². The number of aromatic nitrogens is 3. The fraction of sp³-hybridized carbons (Fsp3) is 0.769. The van der Waals surface area contributed by atoms with Gasteiger partial charge in [0.15, 0.2) is 12.0 Å². The van der Waals surface area contributed by atoms with Gasteiger partial charge in [0, 0.05) is 12.3 Å². The van der Waals surface area contributed by atoms with Crippen molar-refractivity contribution in [1.29, 1.82) is 0 Å². The van der Waals surface area contributed by atoms with Crippen molar-refractivity contribution in [1.82, 2.24) is 14.8 Å². The summed E-state index contributed by atoms with van der Waals surface area (Å²) in [5.41, 5.74) is 0. The van der Waals surface area contributed by atoms with E-state index in [1.54, 1.807) is 4.68 Å². The minimum atomic E-state index is -1.04. The van der Waals surface area contributed by atoms with Crippen LogP contribution in [-0.2, 0) is 0 Å². The van der Waals surface area contributed by atoms with Crippen molar-refractivity contribution in [2.24, 2.45) is 11.8 Å². The summed E-state index contributed by atoms with van der Waals surface area (Å²) in [6, 6.07) is 0.121. The van der Waals surface area contributed by atoms with Crippen LogP contribution in [0.1, 0.15) is 67.2 Å². The summed E-state index contributed by atoms with van der Waals surface area (Å²) in [7, 11) is 0. The number of nitrogens with zero attached hydrogens (tertiary/aromatic N) is 3. The Balaban J connectivity index is 1.61. The summed E-state index contributed by atoms with van der Waals surface area (Å²) in [6.45, 7) is 0. The first-order valence-electron chi connectivity index (χ1n) is 6.87. The minimum Gasteiger partial charge on any atom is -0.290 e. The number of hydrogen-bond acceptors (Lipinski definition) is 3. The number of alkyl halides is 1.